The zero-order valence-electron chi connectivity index (χ0n) is 14.0. The predicted octanol–water partition coefficient (Wildman–Crippen LogP) is 7.19. The van der Waals surface area contributed by atoms with E-state index in [0.29, 0.717) is 0 Å². The Morgan fingerprint density at radius 3 is 1.45 bits per heavy atom. The number of rotatable bonds is 17. The molecule has 0 aromatic carbocycles. The van der Waals surface area contributed by atoms with Gasteiger partial charge in [-0.2, -0.15) is 0 Å². The first kappa shape index (κ1) is 20.3. The normalized spacial score (nSPS) is 10.8. The molecule has 1 heteroatoms. The van der Waals surface area contributed by atoms with Gasteiger partial charge in [0.25, 0.3) is 0 Å². The molecule has 0 radical (unpaired) electrons. The molecule has 0 spiro atoms. The van der Waals surface area contributed by atoms with Gasteiger partial charge in [-0.25, -0.2) is 0 Å². The van der Waals surface area contributed by atoms with Crippen molar-refractivity contribution in [2.75, 3.05) is 0 Å². The van der Waals surface area contributed by atoms with Crippen LogP contribution in [-0.2, 0) is 0 Å². The number of allylic oxidation sites excluding steroid dienone is 1. The third kappa shape index (κ3) is 18.3. The van der Waals surface area contributed by atoms with E-state index in [1.165, 1.54) is 101 Å². The van der Waals surface area contributed by atoms with Crippen molar-refractivity contribution in [3.05, 3.63) is 12.7 Å². The molecule has 0 aromatic heterocycles. The fourth-order valence-electron chi connectivity index (χ4n) is 2.57. The molecule has 0 aliphatic rings. The summed E-state index contributed by atoms with van der Waals surface area (Å²) in [6.07, 6.45) is 22.6. The summed E-state index contributed by atoms with van der Waals surface area (Å²) in [7, 11) is 0. The Labute approximate surface area is 135 Å². The molecule has 0 atom stereocenters. The van der Waals surface area contributed by atoms with Gasteiger partial charge in [0.05, 0.1) is 0 Å². The minimum absolute atomic E-state index is 0.846. The van der Waals surface area contributed by atoms with E-state index in [4.69, 9.17) is 0 Å². The summed E-state index contributed by atoms with van der Waals surface area (Å²) in [5.74, 6) is 0. The van der Waals surface area contributed by atoms with Gasteiger partial charge in [0.2, 0.25) is 0 Å². The molecule has 0 unspecified atom stereocenters. The summed E-state index contributed by atoms with van der Waals surface area (Å²) in [5, 5.41) is 2.74. The summed E-state index contributed by atoms with van der Waals surface area (Å²) in [5.41, 5.74) is 0. The van der Waals surface area contributed by atoms with Gasteiger partial charge < -0.3 is 0 Å². The monoisotopic (exact) mass is 346 g/mol. The van der Waals surface area contributed by atoms with Gasteiger partial charge in [-0.05, 0) is 0 Å². The number of unbranched alkanes of at least 4 members (excludes halogenated alkanes) is 13. The zero-order valence-corrected chi connectivity index (χ0v) is 15.7. The van der Waals surface area contributed by atoms with Crippen LogP contribution in [0, 0.1) is 0 Å². The molecule has 0 aliphatic heterocycles. The van der Waals surface area contributed by atoms with E-state index in [1.807, 2.05) is 0 Å². The van der Waals surface area contributed by atoms with Crippen LogP contribution in [0.25, 0.3) is 0 Å². The topological polar surface area (TPSA) is 0 Å². The van der Waals surface area contributed by atoms with Crippen LogP contribution in [0.4, 0.5) is 0 Å². The van der Waals surface area contributed by atoms with E-state index < -0.39 is 0 Å². The Bertz CT molecular complexity index is 177. The number of hydrogen-bond acceptors (Lipinski definition) is 0. The van der Waals surface area contributed by atoms with Crippen LogP contribution in [0.1, 0.15) is 96.8 Å². The molecule has 0 nitrogen and oxygen atoms in total. The summed E-state index contributed by atoms with van der Waals surface area (Å²) in [6.45, 7) is 6.08. The van der Waals surface area contributed by atoms with Crippen LogP contribution in [-0.4, -0.2) is 15.0 Å². The average Bonchev–Trinajstić information content (AvgIpc) is 2.47. The molecule has 0 N–H and O–H groups in total. The first-order valence-electron chi connectivity index (χ1n) is 9.10. The summed E-state index contributed by atoms with van der Waals surface area (Å²) in [6, 6.07) is 0. The minimum Gasteiger partial charge on any atom is -0.0654 e. The Morgan fingerprint density at radius 2 is 1.05 bits per heavy atom. The van der Waals surface area contributed by atoms with Crippen molar-refractivity contribution in [3.8, 4) is 0 Å². The molecule has 0 aliphatic carbocycles. The van der Waals surface area contributed by atoms with E-state index in [2.05, 4.69) is 19.6 Å². The van der Waals surface area contributed by atoms with Crippen molar-refractivity contribution in [1.29, 1.82) is 0 Å². The van der Waals surface area contributed by atoms with Gasteiger partial charge in [-0.3, -0.25) is 0 Å². The number of hydrogen-bond donors (Lipinski definition) is 0. The first-order valence-corrected chi connectivity index (χ1v) is 11.5. The maximum absolute atomic E-state index is 3.78. The second-order valence-electron chi connectivity index (χ2n) is 5.96. The molecule has 20 heavy (non-hydrogen) atoms. The second-order valence-corrected chi connectivity index (χ2v) is 8.37. The van der Waals surface area contributed by atoms with Gasteiger partial charge in [0, 0.05) is 0 Å². The first-order chi connectivity index (χ1) is 9.91. The molecule has 0 rings (SSSR count). The Hall–Kier alpha value is 0.259. The van der Waals surface area contributed by atoms with Crippen molar-refractivity contribution in [3.63, 3.8) is 0 Å². The maximum atomic E-state index is 3.78. The molecule has 0 saturated carbocycles. The third-order valence-corrected chi connectivity index (χ3v) is 6.08. The minimum atomic E-state index is 0.846. The summed E-state index contributed by atoms with van der Waals surface area (Å²) < 4.78 is 0. The summed E-state index contributed by atoms with van der Waals surface area (Å²) in [4.78, 5) is 0. The standard InChI is InChI=1S/C19H38Se/c1-3-5-6-7-8-9-10-11-12-13-14-15-16-17-19-20-18-4-2/h4H,2-3,5-19H2,1H3. The van der Waals surface area contributed by atoms with E-state index in [1.54, 1.807) is 0 Å². The van der Waals surface area contributed by atoms with E-state index in [9.17, 15) is 0 Å². The smallest absolute Gasteiger partial charge is 0.0654 e. The van der Waals surface area contributed by atoms with Gasteiger partial charge in [-0.15, -0.1) is 0 Å². The van der Waals surface area contributed by atoms with Crippen molar-refractivity contribution < 1.29 is 0 Å². The second kappa shape index (κ2) is 19.3. The molecule has 0 fully saturated rings. The van der Waals surface area contributed by atoms with Gasteiger partial charge in [0.1, 0.15) is 0 Å². The Morgan fingerprint density at radius 1 is 0.650 bits per heavy atom. The van der Waals surface area contributed by atoms with Crippen molar-refractivity contribution >= 4 is 15.0 Å². The van der Waals surface area contributed by atoms with Crippen LogP contribution in [0.3, 0.4) is 0 Å². The zero-order chi connectivity index (χ0) is 14.7. The van der Waals surface area contributed by atoms with Gasteiger partial charge in [-0.1, -0.05) is 26.2 Å². The Balaban J connectivity index is 2.90. The fraction of sp³-hybridized carbons (Fsp3) is 0.895. The van der Waals surface area contributed by atoms with Crippen LogP contribution in [0.2, 0.25) is 10.6 Å². The molecule has 0 saturated heterocycles. The van der Waals surface area contributed by atoms with Crippen LogP contribution in [0.5, 0.6) is 0 Å². The third-order valence-electron chi connectivity index (χ3n) is 3.88. The van der Waals surface area contributed by atoms with Crippen LogP contribution >= 0.6 is 0 Å². The SMILES string of the molecule is C=CC[Se]CCCCCCCCCCCCCCCC. The molecular weight excluding hydrogens is 307 g/mol. The van der Waals surface area contributed by atoms with E-state index in [-0.39, 0.29) is 0 Å². The fourth-order valence-corrected chi connectivity index (χ4v) is 4.12. The molecule has 0 aromatic rings. The predicted molar refractivity (Wildman–Crippen MR) is 95.9 cm³/mol. The van der Waals surface area contributed by atoms with Crippen LogP contribution < -0.4 is 0 Å². The van der Waals surface area contributed by atoms with Crippen molar-refractivity contribution in [1.82, 2.24) is 0 Å². The molecule has 0 heterocycles. The molecule has 120 valence electrons. The van der Waals surface area contributed by atoms with Crippen molar-refractivity contribution in [2.45, 2.75) is 107 Å². The van der Waals surface area contributed by atoms with E-state index in [0.717, 1.165) is 15.0 Å². The summed E-state index contributed by atoms with van der Waals surface area (Å²) >= 11 is 0.846. The Kier molecular flexibility index (Phi) is 19.5. The molecule has 0 bridgehead atoms. The quantitative estimate of drug-likeness (QED) is 0.149. The molecular formula is C19H38Se. The van der Waals surface area contributed by atoms with Crippen LogP contribution in [0.15, 0.2) is 12.7 Å². The van der Waals surface area contributed by atoms with E-state index >= 15 is 0 Å². The van der Waals surface area contributed by atoms with Gasteiger partial charge >= 0.3 is 109 Å². The van der Waals surface area contributed by atoms with Crippen molar-refractivity contribution in [2.24, 2.45) is 0 Å². The average molecular weight is 345 g/mol. The molecule has 0 amide bonds. The van der Waals surface area contributed by atoms with Gasteiger partial charge in [0.15, 0.2) is 0 Å².